The van der Waals surface area contributed by atoms with Crippen molar-refractivity contribution < 1.29 is 13.9 Å². The van der Waals surface area contributed by atoms with Crippen molar-refractivity contribution >= 4 is 5.97 Å². The first-order valence-corrected chi connectivity index (χ1v) is 5.36. The van der Waals surface area contributed by atoms with Crippen molar-refractivity contribution in [3.8, 4) is 17.4 Å². The Balaban J connectivity index is 2.65. The molecule has 90 valence electrons. The summed E-state index contributed by atoms with van der Waals surface area (Å²) in [7, 11) is 1.28. The quantitative estimate of drug-likeness (QED) is 0.758. The predicted molar refractivity (Wildman–Crippen MR) is 64.9 cm³/mol. The van der Waals surface area contributed by atoms with Crippen molar-refractivity contribution in [3.63, 3.8) is 0 Å². The number of nitrogens with zero attached hydrogens (tertiary/aromatic N) is 1. The summed E-state index contributed by atoms with van der Waals surface area (Å²) in [4.78, 5) is 11.6. The topological polar surface area (TPSA) is 63.2 Å². The highest BCUT2D eigenvalue weighted by molar-refractivity contribution is 5.95. The van der Waals surface area contributed by atoms with E-state index in [1.807, 2.05) is 36.4 Å². The molecule has 0 spiro atoms. The Morgan fingerprint density at radius 3 is 2.56 bits per heavy atom. The Bertz CT molecular complexity index is 620. The molecule has 0 aliphatic heterocycles. The third kappa shape index (κ3) is 1.87. The lowest BCUT2D eigenvalue weighted by Crippen LogP contribution is -2.03. The molecule has 4 heteroatoms. The van der Waals surface area contributed by atoms with Crippen LogP contribution in [-0.4, -0.2) is 13.1 Å². The number of furan rings is 1. The van der Waals surface area contributed by atoms with Gasteiger partial charge in [-0.2, -0.15) is 5.26 Å². The SMILES string of the molecule is COC(=O)c1c(C)oc(-c2ccccc2)c1C#N. The molecule has 1 aromatic heterocycles. The maximum absolute atomic E-state index is 11.6. The van der Waals surface area contributed by atoms with E-state index >= 15 is 0 Å². The third-order valence-electron chi connectivity index (χ3n) is 2.62. The maximum atomic E-state index is 11.6. The maximum Gasteiger partial charge on any atom is 0.342 e. The number of hydrogen-bond donors (Lipinski definition) is 0. The van der Waals surface area contributed by atoms with Crippen LogP contribution in [-0.2, 0) is 4.74 Å². The van der Waals surface area contributed by atoms with E-state index in [4.69, 9.17) is 4.42 Å². The van der Waals surface area contributed by atoms with Gasteiger partial charge in [0, 0.05) is 5.56 Å². The lowest BCUT2D eigenvalue weighted by molar-refractivity contribution is 0.0598. The molecule has 0 fully saturated rings. The van der Waals surface area contributed by atoms with Crippen LogP contribution in [0.2, 0.25) is 0 Å². The first-order chi connectivity index (χ1) is 8.69. The minimum Gasteiger partial charge on any atom is -0.465 e. The van der Waals surface area contributed by atoms with E-state index in [2.05, 4.69) is 4.74 Å². The van der Waals surface area contributed by atoms with Gasteiger partial charge in [0.05, 0.1) is 7.11 Å². The van der Waals surface area contributed by atoms with Gasteiger partial charge in [-0.05, 0) is 6.92 Å². The van der Waals surface area contributed by atoms with Crippen molar-refractivity contribution in [2.24, 2.45) is 0 Å². The largest absolute Gasteiger partial charge is 0.465 e. The fourth-order valence-electron chi connectivity index (χ4n) is 1.79. The predicted octanol–water partition coefficient (Wildman–Crippen LogP) is 2.91. The summed E-state index contributed by atoms with van der Waals surface area (Å²) in [6.07, 6.45) is 0. The summed E-state index contributed by atoms with van der Waals surface area (Å²) >= 11 is 0. The molecule has 2 rings (SSSR count). The highest BCUT2D eigenvalue weighted by Gasteiger charge is 2.24. The van der Waals surface area contributed by atoms with E-state index in [0.29, 0.717) is 11.5 Å². The number of carbonyl (C=O) groups is 1. The summed E-state index contributed by atoms with van der Waals surface area (Å²) in [5.74, 6) is 0.225. The van der Waals surface area contributed by atoms with Crippen LogP contribution in [0.4, 0.5) is 0 Å². The number of rotatable bonds is 2. The second-order valence-corrected chi connectivity index (χ2v) is 3.71. The molecule has 0 saturated heterocycles. The molecule has 0 saturated carbocycles. The van der Waals surface area contributed by atoms with E-state index in [-0.39, 0.29) is 11.1 Å². The monoisotopic (exact) mass is 241 g/mol. The number of hydrogen-bond acceptors (Lipinski definition) is 4. The van der Waals surface area contributed by atoms with Gasteiger partial charge >= 0.3 is 5.97 Å². The third-order valence-corrected chi connectivity index (χ3v) is 2.62. The molecule has 0 amide bonds. The van der Waals surface area contributed by atoms with Crippen LogP contribution < -0.4 is 0 Å². The standard InChI is InChI=1S/C14H11NO3/c1-9-12(14(16)17-2)11(8-15)13(18-9)10-6-4-3-5-7-10/h3-7H,1-2H3. The highest BCUT2D eigenvalue weighted by atomic mass is 16.5. The van der Waals surface area contributed by atoms with Gasteiger partial charge in [-0.25, -0.2) is 4.79 Å². The molecule has 1 heterocycles. The Morgan fingerprint density at radius 1 is 1.33 bits per heavy atom. The van der Waals surface area contributed by atoms with Crippen LogP contribution >= 0.6 is 0 Å². The van der Waals surface area contributed by atoms with Gasteiger partial charge in [-0.3, -0.25) is 0 Å². The zero-order valence-corrected chi connectivity index (χ0v) is 10.1. The molecule has 0 radical (unpaired) electrons. The van der Waals surface area contributed by atoms with Crippen LogP contribution in [0.15, 0.2) is 34.7 Å². The summed E-state index contributed by atoms with van der Waals surface area (Å²) < 4.78 is 10.2. The molecule has 0 aliphatic rings. The number of ether oxygens (including phenoxy) is 1. The first kappa shape index (κ1) is 11.9. The van der Waals surface area contributed by atoms with Gasteiger partial charge in [-0.1, -0.05) is 30.3 Å². The second-order valence-electron chi connectivity index (χ2n) is 3.71. The molecular weight excluding hydrogens is 230 g/mol. The van der Waals surface area contributed by atoms with Gasteiger partial charge in [-0.15, -0.1) is 0 Å². The van der Waals surface area contributed by atoms with Gasteiger partial charge in [0.25, 0.3) is 0 Å². The number of carbonyl (C=O) groups excluding carboxylic acids is 1. The van der Waals surface area contributed by atoms with Gasteiger partial charge in [0.1, 0.15) is 23.0 Å². The van der Waals surface area contributed by atoms with Crippen LogP contribution in [0.1, 0.15) is 21.7 Å². The smallest absolute Gasteiger partial charge is 0.342 e. The van der Waals surface area contributed by atoms with Crippen LogP contribution in [0.5, 0.6) is 0 Å². The van der Waals surface area contributed by atoms with Crippen molar-refractivity contribution in [2.45, 2.75) is 6.92 Å². The number of esters is 1. The molecule has 0 unspecified atom stereocenters. The van der Waals surface area contributed by atoms with E-state index < -0.39 is 5.97 Å². The van der Waals surface area contributed by atoms with E-state index in [0.717, 1.165) is 5.56 Å². The molecule has 2 aromatic rings. The molecule has 0 aliphatic carbocycles. The number of methoxy groups -OCH3 is 1. The average Bonchev–Trinajstić information content (AvgIpc) is 2.75. The summed E-state index contributed by atoms with van der Waals surface area (Å²) in [5.41, 5.74) is 1.16. The molecule has 4 nitrogen and oxygen atoms in total. The van der Waals surface area contributed by atoms with Crippen molar-refractivity contribution in [1.29, 1.82) is 5.26 Å². The minimum atomic E-state index is -0.560. The van der Waals surface area contributed by atoms with Crippen LogP contribution in [0, 0.1) is 18.3 Å². The summed E-state index contributed by atoms with van der Waals surface area (Å²) in [5, 5.41) is 9.20. The lowest BCUT2D eigenvalue weighted by Gasteiger charge is -1.97. The number of benzene rings is 1. The summed E-state index contributed by atoms with van der Waals surface area (Å²) in [6, 6.07) is 11.2. The van der Waals surface area contributed by atoms with Crippen molar-refractivity contribution in [2.75, 3.05) is 7.11 Å². The van der Waals surface area contributed by atoms with E-state index in [1.165, 1.54) is 7.11 Å². The number of aryl methyl sites for hydroxylation is 1. The molecule has 0 bridgehead atoms. The minimum absolute atomic E-state index is 0.193. The zero-order chi connectivity index (χ0) is 13.1. The van der Waals surface area contributed by atoms with Crippen molar-refractivity contribution in [3.05, 3.63) is 47.2 Å². The van der Waals surface area contributed by atoms with Crippen molar-refractivity contribution in [1.82, 2.24) is 0 Å². The second kappa shape index (κ2) is 4.76. The fraction of sp³-hybridized carbons (Fsp3) is 0.143. The average molecular weight is 241 g/mol. The molecule has 1 aromatic carbocycles. The Hall–Kier alpha value is -2.54. The van der Waals surface area contributed by atoms with E-state index in [9.17, 15) is 10.1 Å². The molecule has 0 N–H and O–H groups in total. The first-order valence-electron chi connectivity index (χ1n) is 5.36. The normalized spacial score (nSPS) is 9.83. The highest BCUT2D eigenvalue weighted by Crippen LogP contribution is 2.31. The molecule has 0 atom stereocenters. The van der Waals surface area contributed by atoms with Gasteiger partial charge < -0.3 is 9.15 Å². The fourth-order valence-corrected chi connectivity index (χ4v) is 1.79. The summed E-state index contributed by atoms with van der Waals surface area (Å²) in [6.45, 7) is 1.64. The van der Waals surface area contributed by atoms with Crippen LogP contribution in [0.25, 0.3) is 11.3 Å². The van der Waals surface area contributed by atoms with Crippen LogP contribution in [0.3, 0.4) is 0 Å². The molecule has 18 heavy (non-hydrogen) atoms. The Morgan fingerprint density at radius 2 is 2.00 bits per heavy atom. The van der Waals surface area contributed by atoms with E-state index in [1.54, 1.807) is 6.92 Å². The Labute approximate surface area is 104 Å². The van der Waals surface area contributed by atoms with Gasteiger partial charge in [0.2, 0.25) is 0 Å². The Kier molecular flexibility index (Phi) is 3.16. The number of nitriles is 1. The molecular formula is C14H11NO3. The van der Waals surface area contributed by atoms with Gasteiger partial charge in [0.15, 0.2) is 5.76 Å². The zero-order valence-electron chi connectivity index (χ0n) is 10.1. The lowest BCUT2D eigenvalue weighted by atomic mass is 10.1.